The molecule has 3 aromatic rings. The van der Waals surface area contributed by atoms with E-state index in [-0.39, 0.29) is 18.5 Å². The Morgan fingerprint density at radius 2 is 1.85 bits per heavy atom. The van der Waals surface area contributed by atoms with E-state index < -0.39 is 6.67 Å². The highest BCUT2D eigenvalue weighted by Gasteiger charge is 2.35. The van der Waals surface area contributed by atoms with E-state index in [2.05, 4.69) is 62.9 Å². The minimum absolute atomic E-state index is 0.173. The number of aromatic nitrogens is 2. The van der Waals surface area contributed by atoms with Gasteiger partial charge in [-0.3, -0.25) is 9.69 Å². The number of carbonyl (C=O) groups excluding carboxylic acids is 1. The molecule has 6 rings (SSSR count). The summed E-state index contributed by atoms with van der Waals surface area (Å²) in [5.41, 5.74) is 4.51. The molecule has 0 saturated carbocycles. The molecule has 4 heterocycles. The van der Waals surface area contributed by atoms with Gasteiger partial charge in [-0.1, -0.05) is 43.2 Å². The van der Waals surface area contributed by atoms with Crippen molar-refractivity contribution in [3.8, 4) is 6.01 Å². The van der Waals surface area contributed by atoms with Gasteiger partial charge in [-0.05, 0) is 62.4 Å². The average molecular weight is 626 g/mol. The first-order valence-electron chi connectivity index (χ1n) is 16.6. The van der Waals surface area contributed by atoms with Gasteiger partial charge in [-0.15, -0.1) is 0 Å². The molecular formula is C36H44FN7O2. The van der Waals surface area contributed by atoms with Crippen molar-refractivity contribution in [2.45, 2.75) is 51.6 Å². The number of fused-ring (bicyclic) bond motifs is 2. The number of halogens is 1. The first-order valence-corrected chi connectivity index (χ1v) is 16.6. The van der Waals surface area contributed by atoms with Gasteiger partial charge in [0.05, 0.1) is 12.2 Å². The molecule has 2 aromatic carbocycles. The van der Waals surface area contributed by atoms with Crippen LogP contribution >= 0.6 is 0 Å². The van der Waals surface area contributed by atoms with Crippen molar-refractivity contribution in [2.24, 2.45) is 0 Å². The Morgan fingerprint density at radius 3 is 2.63 bits per heavy atom. The van der Waals surface area contributed by atoms with Gasteiger partial charge in [0.1, 0.15) is 25.1 Å². The summed E-state index contributed by atoms with van der Waals surface area (Å²) in [5.74, 6) is 0.583. The Kier molecular flexibility index (Phi) is 10.3. The largest absolute Gasteiger partial charge is 0.462 e. The lowest BCUT2D eigenvalue weighted by Crippen LogP contribution is -2.56. The molecule has 10 heteroatoms. The standard InChI is InChI=1S/C36H44FN7O2/c1-27-10-7-11-28-12-8-13-32(34(27)28)42-19-15-30-31(26-42)39-36(46-23-22-41-17-5-3-4-6-18-41)40-35(30)43-20-21-44(29(25-43)24-38-2)33(45)14-9-16-37/h7-14,29H,3-6,15-26H2,1H3/b14-9+/t29-/m0/s1. The smallest absolute Gasteiger partial charge is 0.318 e. The monoisotopic (exact) mass is 625 g/mol. The van der Waals surface area contributed by atoms with Crippen LogP contribution < -0.4 is 14.5 Å². The molecule has 46 heavy (non-hydrogen) atoms. The van der Waals surface area contributed by atoms with E-state index in [9.17, 15) is 9.18 Å². The zero-order valence-corrected chi connectivity index (χ0v) is 26.8. The molecule has 0 aliphatic carbocycles. The van der Waals surface area contributed by atoms with Crippen molar-refractivity contribution >= 4 is 28.2 Å². The molecular weight excluding hydrogens is 581 g/mol. The van der Waals surface area contributed by atoms with Gasteiger partial charge >= 0.3 is 6.01 Å². The van der Waals surface area contributed by atoms with Crippen LogP contribution in [0.2, 0.25) is 0 Å². The number of likely N-dealkylation sites (tertiary alicyclic amines) is 1. The van der Waals surface area contributed by atoms with Crippen LogP contribution in [0.1, 0.15) is 42.5 Å². The summed E-state index contributed by atoms with van der Waals surface area (Å²) in [6.45, 7) is 15.7. The molecule has 2 saturated heterocycles. The number of rotatable bonds is 9. The summed E-state index contributed by atoms with van der Waals surface area (Å²) < 4.78 is 19.0. The molecule has 0 radical (unpaired) electrons. The number of alkyl halides is 1. The summed E-state index contributed by atoms with van der Waals surface area (Å²) in [5, 5.41) is 2.49. The van der Waals surface area contributed by atoms with Crippen molar-refractivity contribution in [3.63, 3.8) is 0 Å². The number of carbonyl (C=O) groups is 1. The Balaban J connectivity index is 1.29. The van der Waals surface area contributed by atoms with Crippen molar-refractivity contribution < 1.29 is 13.9 Å². The zero-order chi connectivity index (χ0) is 31.9. The van der Waals surface area contributed by atoms with Crippen LogP contribution in [0.15, 0.2) is 48.6 Å². The maximum absolute atomic E-state index is 12.8. The third kappa shape index (κ3) is 7.10. The van der Waals surface area contributed by atoms with Crippen molar-refractivity contribution in [1.29, 1.82) is 0 Å². The van der Waals surface area contributed by atoms with Crippen LogP contribution in [0.3, 0.4) is 0 Å². The fraction of sp³-hybridized carbons (Fsp3) is 0.500. The van der Waals surface area contributed by atoms with E-state index in [1.807, 2.05) is 0 Å². The first kappa shape index (κ1) is 31.7. The lowest BCUT2D eigenvalue weighted by molar-refractivity contribution is -0.128. The molecule has 0 bridgehead atoms. The zero-order valence-electron chi connectivity index (χ0n) is 26.8. The minimum Gasteiger partial charge on any atom is -0.462 e. The van der Waals surface area contributed by atoms with Gasteiger partial charge in [0.25, 0.3) is 0 Å². The second-order valence-corrected chi connectivity index (χ2v) is 12.5. The van der Waals surface area contributed by atoms with Crippen molar-refractivity contribution in [3.05, 3.63) is 76.8 Å². The summed E-state index contributed by atoms with van der Waals surface area (Å²) in [6, 6.07) is 13.0. The second-order valence-electron chi connectivity index (χ2n) is 12.5. The summed E-state index contributed by atoms with van der Waals surface area (Å²) >= 11 is 0. The van der Waals surface area contributed by atoms with Gasteiger partial charge in [0, 0.05) is 55.4 Å². The number of aryl methyl sites for hydroxylation is 1. The highest BCUT2D eigenvalue weighted by Crippen LogP contribution is 2.36. The molecule has 0 spiro atoms. The fourth-order valence-corrected chi connectivity index (χ4v) is 7.16. The number of allylic oxidation sites excluding steroid dienone is 1. The first-order chi connectivity index (χ1) is 22.6. The quantitative estimate of drug-likeness (QED) is 0.239. The van der Waals surface area contributed by atoms with Gasteiger partial charge < -0.3 is 24.3 Å². The molecule has 0 N–H and O–H groups in total. The van der Waals surface area contributed by atoms with Gasteiger partial charge in [-0.2, -0.15) is 9.97 Å². The third-order valence-electron chi connectivity index (χ3n) is 9.51. The highest BCUT2D eigenvalue weighted by molar-refractivity contribution is 5.97. The lowest BCUT2D eigenvalue weighted by Gasteiger charge is -2.41. The topological polar surface area (TPSA) is 69.4 Å². The molecule has 0 unspecified atom stereocenters. The molecule has 1 aromatic heterocycles. The average Bonchev–Trinajstić information content (AvgIpc) is 3.35. The summed E-state index contributed by atoms with van der Waals surface area (Å²) in [6.07, 6.45) is 8.32. The molecule has 242 valence electrons. The number of nitrogens with zero attached hydrogens (tertiary/aromatic N) is 7. The molecule has 3 aliphatic rings. The van der Waals surface area contributed by atoms with Crippen LogP contribution in [0.4, 0.5) is 15.9 Å². The van der Waals surface area contributed by atoms with E-state index in [4.69, 9.17) is 21.3 Å². The van der Waals surface area contributed by atoms with Crippen LogP contribution in [-0.2, 0) is 17.8 Å². The number of hydrogen-bond acceptors (Lipinski definition) is 7. The van der Waals surface area contributed by atoms with Gasteiger partial charge in [0.15, 0.2) is 0 Å². The van der Waals surface area contributed by atoms with Crippen molar-refractivity contribution in [2.75, 3.05) is 75.4 Å². The Morgan fingerprint density at radius 1 is 1.04 bits per heavy atom. The maximum Gasteiger partial charge on any atom is 0.318 e. The Hall–Kier alpha value is -4.23. The number of hydrogen-bond donors (Lipinski definition) is 0. The van der Waals surface area contributed by atoms with Crippen LogP contribution in [0.25, 0.3) is 15.6 Å². The predicted molar refractivity (Wildman–Crippen MR) is 180 cm³/mol. The second kappa shape index (κ2) is 14.9. The Labute approximate surface area is 271 Å². The fourth-order valence-electron chi connectivity index (χ4n) is 7.16. The van der Waals surface area contributed by atoms with Gasteiger partial charge in [0.2, 0.25) is 12.5 Å². The molecule has 9 nitrogen and oxygen atoms in total. The van der Waals surface area contributed by atoms with E-state index in [0.717, 1.165) is 49.7 Å². The molecule has 2 fully saturated rings. The molecule has 1 atom stereocenters. The van der Waals surface area contributed by atoms with Crippen LogP contribution in [0.5, 0.6) is 6.01 Å². The van der Waals surface area contributed by atoms with Crippen molar-refractivity contribution in [1.82, 2.24) is 19.8 Å². The van der Waals surface area contributed by atoms with Gasteiger partial charge in [-0.25, -0.2) is 11.0 Å². The predicted octanol–water partition coefficient (Wildman–Crippen LogP) is 5.22. The number of ether oxygens (including phenoxy) is 1. The maximum atomic E-state index is 12.8. The number of piperazine rings is 1. The minimum atomic E-state index is -0.692. The number of benzene rings is 2. The third-order valence-corrected chi connectivity index (χ3v) is 9.51. The lowest BCUT2D eigenvalue weighted by atomic mass is 9.99. The molecule has 1 amide bonds. The van der Waals surface area contributed by atoms with E-state index in [0.29, 0.717) is 38.8 Å². The van der Waals surface area contributed by atoms with E-state index >= 15 is 0 Å². The summed E-state index contributed by atoms with van der Waals surface area (Å²) in [4.78, 5) is 35.2. The van der Waals surface area contributed by atoms with E-state index in [1.165, 1.54) is 59.9 Å². The highest BCUT2D eigenvalue weighted by atomic mass is 19.1. The normalized spacial score (nSPS) is 19.2. The van der Waals surface area contributed by atoms with Crippen LogP contribution in [-0.4, -0.2) is 97.4 Å². The number of amides is 1. The van der Waals surface area contributed by atoms with E-state index in [1.54, 1.807) is 4.90 Å². The summed E-state index contributed by atoms with van der Waals surface area (Å²) in [7, 11) is 0. The SMILES string of the molecule is [C-]#[N+]C[C@H]1CN(c2nc(OCCN3CCCCCC3)nc3c2CCN(c2cccc4cccc(C)c24)C3)CCN1C(=O)/C=C/CF. The number of anilines is 2. The van der Waals surface area contributed by atoms with Crippen LogP contribution in [0, 0.1) is 13.5 Å². The molecule has 3 aliphatic heterocycles. The Bertz CT molecular complexity index is 1590.